The van der Waals surface area contributed by atoms with Crippen LogP contribution in [0.2, 0.25) is 0 Å². The van der Waals surface area contributed by atoms with E-state index in [4.69, 9.17) is 5.73 Å². The molecule has 2 aliphatic rings. The van der Waals surface area contributed by atoms with E-state index >= 15 is 0 Å². The fourth-order valence-electron chi connectivity index (χ4n) is 2.97. The first-order chi connectivity index (χ1) is 9.48. The Labute approximate surface area is 124 Å². The van der Waals surface area contributed by atoms with Crippen LogP contribution in [0.25, 0.3) is 0 Å². The maximum atomic E-state index is 12.4. The van der Waals surface area contributed by atoms with Crippen LogP contribution in [0, 0.1) is 11.8 Å². The van der Waals surface area contributed by atoms with Crippen LogP contribution in [0.3, 0.4) is 0 Å². The average Bonchev–Trinajstić information content (AvgIpc) is 3.08. The highest BCUT2D eigenvalue weighted by Crippen LogP contribution is 2.41. The molecule has 2 aliphatic carbocycles. The first-order valence-corrected chi connectivity index (χ1v) is 9.53. The number of nitrogen functional groups attached to an aromatic ring is 1. The minimum atomic E-state index is -3.28. The molecule has 112 valence electrons. The highest BCUT2D eigenvalue weighted by atomic mass is 32.2. The van der Waals surface area contributed by atoms with E-state index < -0.39 is 9.84 Å². The molecule has 0 amide bonds. The first-order valence-electron chi connectivity index (χ1n) is 7.21. The fraction of sp³-hybridized carbons (Fsp3) is 0.769. The molecule has 1 aromatic heterocycles. The third-order valence-corrected chi connectivity index (χ3v) is 7.56. The fourth-order valence-corrected chi connectivity index (χ4v) is 5.87. The summed E-state index contributed by atoms with van der Waals surface area (Å²) in [6.45, 7) is 3.09. The van der Waals surface area contributed by atoms with Crippen molar-refractivity contribution in [1.82, 2.24) is 4.37 Å². The van der Waals surface area contributed by atoms with Crippen LogP contribution in [0.5, 0.6) is 0 Å². The Balaban J connectivity index is 1.74. The van der Waals surface area contributed by atoms with Crippen molar-refractivity contribution in [2.75, 3.05) is 17.6 Å². The van der Waals surface area contributed by atoms with Gasteiger partial charge in [-0.15, -0.1) is 0 Å². The molecule has 3 N–H and O–H groups in total. The number of nitrogens with one attached hydrogen (secondary N) is 1. The molecule has 1 heterocycles. The maximum absolute atomic E-state index is 12.4. The van der Waals surface area contributed by atoms with Gasteiger partial charge < -0.3 is 11.1 Å². The molecule has 5 nitrogen and oxygen atoms in total. The summed E-state index contributed by atoms with van der Waals surface area (Å²) in [4.78, 5) is 0.246. The standard InChI is InChI=1S/C13H21N3O2S2/c1-8-2-3-9(6-8)7-15-13-11(12(14)16-19-13)20(17,18)10-4-5-10/h8-10,15H,2-7H2,1H3,(H2,14,16). The van der Waals surface area contributed by atoms with Crippen LogP contribution in [-0.4, -0.2) is 24.6 Å². The van der Waals surface area contributed by atoms with E-state index in [1.54, 1.807) is 0 Å². The van der Waals surface area contributed by atoms with Crippen molar-refractivity contribution >= 4 is 32.2 Å². The van der Waals surface area contributed by atoms with Gasteiger partial charge in [-0.05, 0) is 49.1 Å². The number of sulfone groups is 1. The average molecular weight is 315 g/mol. The lowest BCUT2D eigenvalue weighted by molar-refractivity contribution is 0.537. The second kappa shape index (κ2) is 5.18. The van der Waals surface area contributed by atoms with Gasteiger partial charge in [0.25, 0.3) is 0 Å². The molecule has 0 aliphatic heterocycles. The van der Waals surface area contributed by atoms with Gasteiger partial charge in [0.15, 0.2) is 15.7 Å². The van der Waals surface area contributed by atoms with Crippen LogP contribution in [0.1, 0.15) is 39.0 Å². The Hall–Kier alpha value is -0.820. The predicted molar refractivity (Wildman–Crippen MR) is 81.7 cm³/mol. The Morgan fingerprint density at radius 2 is 2.10 bits per heavy atom. The first kappa shape index (κ1) is 14.1. The van der Waals surface area contributed by atoms with E-state index in [1.165, 1.54) is 30.8 Å². The van der Waals surface area contributed by atoms with E-state index in [0.717, 1.165) is 25.3 Å². The predicted octanol–water partition coefficient (Wildman–Crippen LogP) is 2.51. The van der Waals surface area contributed by atoms with Gasteiger partial charge in [0.05, 0.1) is 5.25 Å². The minimum Gasteiger partial charge on any atom is -0.382 e. The second-order valence-electron chi connectivity index (χ2n) is 6.14. The molecule has 0 saturated heterocycles. The van der Waals surface area contributed by atoms with Crippen molar-refractivity contribution in [2.24, 2.45) is 11.8 Å². The lowest BCUT2D eigenvalue weighted by Gasteiger charge is -2.12. The Bertz CT molecular complexity index is 593. The zero-order valence-corrected chi connectivity index (χ0v) is 13.3. The number of anilines is 2. The van der Waals surface area contributed by atoms with E-state index in [1.807, 2.05) is 0 Å². The molecule has 2 atom stereocenters. The third kappa shape index (κ3) is 2.65. The van der Waals surface area contributed by atoms with Gasteiger partial charge in [-0.3, -0.25) is 0 Å². The van der Waals surface area contributed by atoms with E-state index in [2.05, 4.69) is 16.6 Å². The number of nitrogens with two attached hydrogens (primary N) is 1. The highest BCUT2D eigenvalue weighted by Gasteiger charge is 2.40. The van der Waals surface area contributed by atoms with Crippen molar-refractivity contribution in [2.45, 2.75) is 49.2 Å². The molecule has 0 radical (unpaired) electrons. The molecule has 7 heteroatoms. The highest BCUT2D eigenvalue weighted by molar-refractivity contribution is 7.92. The zero-order valence-electron chi connectivity index (χ0n) is 11.6. The van der Waals surface area contributed by atoms with Crippen molar-refractivity contribution in [1.29, 1.82) is 0 Å². The molecule has 0 aromatic carbocycles. The Kier molecular flexibility index (Phi) is 3.66. The molecule has 3 rings (SSSR count). The van der Waals surface area contributed by atoms with Gasteiger partial charge in [-0.1, -0.05) is 13.3 Å². The SMILES string of the molecule is CC1CCC(CNc2snc(N)c2S(=O)(=O)C2CC2)C1. The number of aromatic nitrogens is 1. The van der Waals surface area contributed by atoms with Gasteiger partial charge in [0.2, 0.25) is 0 Å². The summed E-state index contributed by atoms with van der Waals surface area (Å²) in [6.07, 6.45) is 5.19. The van der Waals surface area contributed by atoms with Crippen molar-refractivity contribution in [3.8, 4) is 0 Å². The van der Waals surface area contributed by atoms with Crippen LogP contribution in [-0.2, 0) is 9.84 Å². The van der Waals surface area contributed by atoms with Gasteiger partial charge in [0, 0.05) is 6.54 Å². The summed E-state index contributed by atoms with van der Waals surface area (Å²) in [5.74, 6) is 1.57. The lowest BCUT2D eigenvalue weighted by Crippen LogP contribution is -2.15. The molecule has 2 unspecified atom stereocenters. The van der Waals surface area contributed by atoms with Gasteiger partial charge in [-0.25, -0.2) is 8.42 Å². The van der Waals surface area contributed by atoms with Crippen molar-refractivity contribution in [3.63, 3.8) is 0 Å². The van der Waals surface area contributed by atoms with Crippen LogP contribution >= 0.6 is 11.5 Å². The molecule has 20 heavy (non-hydrogen) atoms. The summed E-state index contributed by atoms with van der Waals surface area (Å²) >= 11 is 1.17. The van der Waals surface area contributed by atoms with E-state index in [0.29, 0.717) is 10.9 Å². The van der Waals surface area contributed by atoms with Gasteiger partial charge >= 0.3 is 0 Å². The van der Waals surface area contributed by atoms with Gasteiger partial charge in [0.1, 0.15) is 9.90 Å². The van der Waals surface area contributed by atoms with E-state index in [9.17, 15) is 8.42 Å². The Morgan fingerprint density at radius 1 is 1.35 bits per heavy atom. The Morgan fingerprint density at radius 3 is 2.70 bits per heavy atom. The number of rotatable bonds is 5. The molecule has 2 fully saturated rings. The maximum Gasteiger partial charge on any atom is 0.187 e. The molecule has 2 saturated carbocycles. The summed E-state index contributed by atoms with van der Waals surface area (Å²) in [5.41, 5.74) is 5.78. The normalized spacial score (nSPS) is 26.9. The largest absolute Gasteiger partial charge is 0.382 e. The van der Waals surface area contributed by atoms with Crippen LogP contribution < -0.4 is 11.1 Å². The quantitative estimate of drug-likeness (QED) is 0.872. The number of nitrogens with zero attached hydrogens (tertiary/aromatic N) is 1. The van der Waals surface area contributed by atoms with E-state index in [-0.39, 0.29) is 16.0 Å². The number of hydrogen-bond donors (Lipinski definition) is 2. The minimum absolute atomic E-state index is 0.157. The van der Waals surface area contributed by atoms with Crippen LogP contribution in [0.15, 0.2) is 4.90 Å². The third-order valence-electron chi connectivity index (χ3n) is 4.28. The summed E-state index contributed by atoms with van der Waals surface area (Å²) in [6, 6.07) is 0. The zero-order chi connectivity index (χ0) is 14.3. The lowest BCUT2D eigenvalue weighted by atomic mass is 10.1. The molecule has 1 aromatic rings. The van der Waals surface area contributed by atoms with Gasteiger partial charge in [-0.2, -0.15) is 4.37 Å². The molecular weight excluding hydrogens is 294 g/mol. The smallest absolute Gasteiger partial charge is 0.187 e. The van der Waals surface area contributed by atoms with Crippen LogP contribution in [0.4, 0.5) is 10.8 Å². The molecular formula is C13H21N3O2S2. The number of hydrogen-bond acceptors (Lipinski definition) is 6. The second-order valence-corrected chi connectivity index (χ2v) is 9.07. The summed E-state index contributed by atoms with van der Waals surface area (Å²) in [5, 5.41) is 3.67. The summed E-state index contributed by atoms with van der Waals surface area (Å²) < 4.78 is 28.8. The molecule has 0 bridgehead atoms. The monoisotopic (exact) mass is 315 g/mol. The molecule has 0 spiro atoms. The van der Waals surface area contributed by atoms with Crippen molar-refractivity contribution in [3.05, 3.63) is 0 Å². The summed E-state index contributed by atoms with van der Waals surface area (Å²) in [7, 11) is -3.28. The topological polar surface area (TPSA) is 85.1 Å². The van der Waals surface area contributed by atoms with Crippen molar-refractivity contribution < 1.29 is 8.42 Å².